The lowest BCUT2D eigenvalue weighted by molar-refractivity contribution is -0.134. The largest absolute Gasteiger partial charge is 0.334 e. The molecule has 2 N–H and O–H groups in total. The Labute approximate surface area is 180 Å². The molecule has 4 rings (SSSR count). The fourth-order valence-corrected chi connectivity index (χ4v) is 5.22. The topological polar surface area (TPSA) is 62.2 Å². The fraction of sp³-hybridized carbons (Fsp3) is 0.583. The van der Waals surface area contributed by atoms with Crippen molar-refractivity contribution in [1.29, 1.82) is 0 Å². The van der Waals surface area contributed by atoms with Gasteiger partial charge >= 0.3 is 0 Å². The minimum Gasteiger partial charge on any atom is -0.334 e. The Morgan fingerprint density at radius 2 is 2.00 bits per heavy atom. The number of hydrogen-bond acceptors (Lipinski definition) is 4. The summed E-state index contributed by atoms with van der Waals surface area (Å²) < 4.78 is 2.10. The number of carbonyl (C=O) groups is 1. The van der Waals surface area contributed by atoms with E-state index < -0.39 is 0 Å². The van der Waals surface area contributed by atoms with Gasteiger partial charge in [-0.1, -0.05) is 30.7 Å². The fourth-order valence-electron chi connectivity index (χ4n) is 5.22. The van der Waals surface area contributed by atoms with Gasteiger partial charge in [-0.25, -0.2) is 10.9 Å². The summed E-state index contributed by atoms with van der Waals surface area (Å²) in [5, 5.41) is 4.72. The molecule has 0 aliphatic carbocycles. The SMILES string of the molecule is CCCn1nc(C)c(C2CC(C(=O)N3CCCC3c3cc(C)ccc3C)NN2)c1C. The van der Waals surface area contributed by atoms with E-state index >= 15 is 0 Å². The van der Waals surface area contributed by atoms with Crippen molar-refractivity contribution >= 4 is 5.91 Å². The molecule has 1 aromatic heterocycles. The number of hydrazine groups is 1. The van der Waals surface area contributed by atoms with Crippen LogP contribution in [0.25, 0.3) is 0 Å². The Balaban J connectivity index is 1.50. The maximum atomic E-state index is 13.5. The van der Waals surface area contributed by atoms with Gasteiger partial charge in [0.2, 0.25) is 5.91 Å². The molecule has 6 heteroatoms. The van der Waals surface area contributed by atoms with E-state index in [9.17, 15) is 4.79 Å². The highest BCUT2D eigenvalue weighted by molar-refractivity contribution is 5.83. The zero-order valence-electron chi connectivity index (χ0n) is 19.0. The van der Waals surface area contributed by atoms with Gasteiger partial charge in [-0.05, 0) is 64.5 Å². The second-order valence-corrected chi connectivity index (χ2v) is 8.99. The van der Waals surface area contributed by atoms with Crippen LogP contribution in [0.2, 0.25) is 0 Å². The van der Waals surface area contributed by atoms with E-state index in [0.717, 1.165) is 44.5 Å². The Hall–Kier alpha value is -2.18. The van der Waals surface area contributed by atoms with Crippen LogP contribution in [0.15, 0.2) is 18.2 Å². The maximum Gasteiger partial charge on any atom is 0.241 e. The molecule has 0 saturated carbocycles. The molecule has 1 amide bonds. The molecule has 2 saturated heterocycles. The van der Waals surface area contributed by atoms with Crippen molar-refractivity contribution in [3.8, 4) is 0 Å². The first kappa shape index (κ1) is 21.1. The highest BCUT2D eigenvalue weighted by atomic mass is 16.2. The van der Waals surface area contributed by atoms with Crippen LogP contribution in [0.1, 0.15) is 78.3 Å². The normalized spacial score (nSPS) is 24.0. The number of rotatable bonds is 5. The molecule has 3 heterocycles. The van der Waals surface area contributed by atoms with Crippen LogP contribution in [-0.2, 0) is 11.3 Å². The summed E-state index contributed by atoms with van der Waals surface area (Å²) in [7, 11) is 0. The van der Waals surface area contributed by atoms with E-state index in [0.29, 0.717) is 0 Å². The van der Waals surface area contributed by atoms with Crippen molar-refractivity contribution in [2.45, 2.75) is 85.0 Å². The Morgan fingerprint density at radius 3 is 2.77 bits per heavy atom. The molecule has 162 valence electrons. The van der Waals surface area contributed by atoms with E-state index in [4.69, 9.17) is 5.10 Å². The summed E-state index contributed by atoms with van der Waals surface area (Å²) in [6, 6.07) is 6.69. The van der Waals surface area contributed by atoms with Crippen molar-refractivity contribution in [3.05, 3.63) is 51.8 Å². The zero-order chi connectivity index (χ0) is 21.4. The molecule has 2 fully saturated rings. The van der Waals surface area contributed by atoms with Crippen LogP contribution >= 0.6 is 0 Å². The molecular weight excluding hydrogens is 374 g/mol. The van der Waals surface area contributed by atoms with Gasteiger partial charge < -0.3 is 4.90 Å². The summed E-state index contributed by atoms with van der Waals surface area (Å²) >= 11 is 0. The van der Waals surface area contributed by atoms with Gasteiger partial charge in [0, 0.05) is 24.3 Å². The van der Waals surface area contributed by atoms with Gasteiger partial charge in [-0.2, -0.15) is 5.10 Å². The lowest BCUT2D eigenvalue weighted by Crippen LogP contribution is -2.45. The van der Waals surface area contributed by atoms with E-state index in [2.05, 4.69) is 73.3 Å². The average molecular weight is 410 g/mol. The van der Waals surface area contributed by atoms with Gasteiger partial charge in [-0.3, -0.25) is 9.48 Å². The molecular formula is C24H35N5O. The number of amides is 1. The third-order valence-corrected chi connectivity index (χ3v) is 6.75. The minimum absolute atomic E-state index is 0.117. The zero-order valence-corrected chi connectivity index (χ0v) is 19.0. The van der Waals surface area contributed by atoms with Gasteiger partial charge in [0.1, 0.15) is 6.04 Å². The quantitative estimate of drug-likeness (QED) is 0.789. The highest BCUT2D eigenvalue weighted by Gasteiger charge is 2.39. The lowest BCUT2D eigenvalue weighted by atomic mass is 9.96. The highest BCUT2D eigenvalue weighted by Crippen LogP contribution is 2.36. The first-order chi connectivity index (χ1) is 14.4. The first-order valence-corrected chi connectivity index (χ1v) is 11.3. The number of carbonyl (C=O) groups excluding carboxylic acids is 1. The number of nitrogens with one attached hydrogen (secondary N) is 2. The summed E-state index contributed by atoms with van der Waals surface area (Å²) in [6.07, 6.45) is 3.93. The molecule has 0 radical (unpaired) electrons. The molecule has 0 spiro atoms. The molecule has 2 aliphatic rings. The molecule has 3 atom stereocenters. The van der Waals surface area contributed by atoms with Crippen LogP contribution in [0, 0.1) is 27.7 Å². The van der Waals surface area contributed by atoms with Gasteiger partial charge in [0.15, 0.2) is 0 Å². The Kier molecular flexibility index (Phi) is 5.98. The monoisotopic (exact) mass is 409 g/mol. The van der Waals surface area contributed by atoms with Gasteiger partial charge in [0.05, 0.1) is 17.8 Å². The number of likely N-dealkylation sites (tertiary alicyclic amines) is 1. The molecule has 3 unspecified atom stereocenters. The predicted molar refractivity (Wildman–Crippen MR) is 119 cm³/mol. The summed E-state index contributed by atoms with van der Waals surface area (Å²) in [6.45, 7) is 12.4. The maximum absolute atomic E-state index is 13.5. The smallest absolute Gasteiger partial charge is 0.241 e. The molecule has 2 aliphatic heterocycles. The van der Waals surface area contributed by atoms with E-state index in [1.165, 1.54) is 27.9 Å². The first-order valence-electron chi connectivity index (χ1n) is 11.3. The van der Waals surface area contributed by atoms with Crippen molar-refractivity contribution in [1.82, 2.24) is 25.5 Å². The standard InChI is InChI=1S/C24H35N5O/c1-6-11-29-18(5)23(17(4)27-29)20-14-21(26-25-20)24(30)28-12-7-8-22(28)19-13-15(2)9-10-16(19)3/h9-10,13,20-22,25-26H,6-8,11-12,14H2,1-5H3. The number of nitrogens with zero attached hydrogens (tertiary/aromatic N) is 3. The van der Waals surface area contributed by atoms with Crippen LogP contribution < -0.4 is 10.9 Å². The van der Waals surface area contributed by atoms with E-state index in [1.807, 2.05) is 0 Å². The average Bonchev–Trinajstić information content (AvgIpc) is 3.43. The Morgan fingerprint density at radius 1 is 1.20 bits per heavy atom. The van der Waals surface area contributed by atoms with Crippen molar-refractivity contribution in [2.24, 2.45) is 0 Å². The number of aryl methyl sites for hydroxylation is 4. The molecule has 6 nitrogen and oxygen atoms in total. The second-order valence-electron chi connectivity index (χ2n) is 8.99. The van der Waals surface area contributed by atoms with Crippen molar-refractivity contribution in [2.75, 3.05) is 6.54 Å². The van der Waals surface area contributed by atoms with Crippen LogP contribution in [-0.4, -0.2) is 33.2 Å². The molecule has 2 aromatic rings. The van der Waals surface area contributed by atoms with Gasteiger partial charge in [-0.15, -0.1) is 0 Å². The molecule has 1 aromatic carbocycles. The van der Waals surface area contributed by atoms with E-state index in [1.54, 1.807) is 0 Å². The van der Waals surface area contributed by atoms with Crippen LogP contribution in [0.4, 0.5) is 0 Å². The third kappa shape index (κ3) is 3.79. The third-order valence-electron chi connectivity index (χ3n) is 6.75. The van der Waals surface area contributed by atoms with Crippen LogP contribution in [0.3, 0.4) is 0 Å². The molecule has 0 bridgehead atoms. The summed E-state index contributed by atoms with van der Waals surface area (Å²) in [5.41, 5.74) is 14.0. The van der Waals surface area contributed by atoms with Crippen molar-refractivity contribution < 1.29 is 4.79 Å². The van der Waals surface area contributed by atoms with Gasteiger partial charge in [0.25, 0.3) is 0 Å². The molecule has 30 heavy (non-hydrogen) atoms. The van der Waals surface area contributed by atoms with Crippen LogP contribution in [0.5, 0.6) is 0 Å². The Bertz CT molecular complexity index is 934. The minimum atomic E-state index is -0.200. The number of benzene rings is 1. The number of hydrogen-bond donors (Lipinski definition) is 2. The van der Waals surface area contributed by atoms with Crippen molar-refractivity contribution in [3.63, 3.8) is 0 Å². The predicted octanol–water partition coefficient (Wildman–Crippen LogP) is 3.80. The number of aromatic nitrogens is 2. The second kappa shape index (κ2) is 8.52. The summed E-state index contributed by atoms with van der Waals surface area (Å²) in [4.78, 5) is 15.6. The van der Waals surface area contributed by atoms with E-state index in [-0.39, 0.29) is 24.0 Å². The summed E-state index contributed by atoms with van der Waals surface area (Å²) in [5.74, 6) is 0.213. The lowest BCUT2D eigenvalue weighted by Gasteiger charge is -2.29.